The summed E-state index contributed by atoms with van der Waals surface area (Å²) < 4.78 is 14.6. The molecule has 2 aromatic carbocycles. The summed E-state index contributed by atoms with van der Waals surface area (Å²) in [5.74, 6) is -0.542. The second-order valence-corrected chi connectivity index (χ2v) is 6.42. The van der Waals surface area contributed by atoms with E-state index in [9.17, 15) is 9.18 Å². The smallest absolute Gasteiger partial charge is 0.265 e. The van der Waals surface area contributed by atoms with Crippen LogP contribution in [0.25, 0.3) is 10.1 Å². The van der Waals surface area contributed by atoms with Gasteiger partial charge < -0.3 is 11.1 Å². The number of nitrogen functional groups attached to an aromatic ring is 1. The van der Waals surface area contributed by atoms with E-state index in [1.54, 1.807) is 30.3 Å². The van der Waals surface area contributed by atoms with Gasteiger partial charge in [0.1, 0.15) is 5.82 Å². The van der Waals surface area contributed by atoms with Crippen molar-refractivity contribution >= 4 is 54.6 Å². The lowest BCUT2D eigenvalue weighted by molar-refractivity contribution is 0.103. The van der Waals surface area contributed by atoms with Crippen molar-refractivity contribution in [2.45, 2.75) is 0 Å². The molecule has 0 aliphatic carbocycles. The summed E-state index contributed by atoms with van der Waals surface area (Å²) in [4.78, 5) is 12.8. The molecule has 0 aliphatic heterocycles. The predicted molar refractivity (Wildman–Crippen MR) is 88.3 cm³/mol. The molecule has 0 fully saturated rings. The molecule has 1 aromatic heterocycles. The fourth-order valence-corrected chi connectivity index (χ4v) is 3.41. The minimum absolute atomic E-state index is 0.234. The number of hydrogen-bond donors (Lipinski definition) is 2. The van der Waals surface area contributed by atoms with Gasteiger partial charge in [0.25, 0.3) is 5.91 Å². The second-order valence-electron chi connectivity index (χ2n) is 4.49. The number of nitrogens with one attached hydrogen (secondary N) is 1. The highest BCUT2D eigenvalue weighted by Gasteiger charge is 2.12. The summed E-state index contributed by atoms with van der Waals surface area (Å²) in [6.07, 6.45) is 0. The molecule has 106 valence electrons. The van der Waals surface area contributed by atoms with Crippen LogP contribution < -0.4 is 11.1 Å². The van der Waals surface area contributed by atoms with E-state index in [2.05, 4.69) is 21.2 Å². The first kappa shape index (κ1) is 14.0. The summed E-state index contributed by atoms with van der Waals surface area (Å²) in [5.41, 5.74) is 6.90. The van der Waals surface area contributed by atoms with Crippen LogP contribution in [0, 0.1) is 5.82 Å². The molecule has 3 rings (SSSR count). The molecule has 0 spiro atoms. The lowest BCUT2D eigenvalue weighted by Crippen LogP contribution is -2.10. The topological polar surface area (TPSA) is 55.1 Å². The molecular weight excluding hydrogens is 355 g/mol. The number of thiophene rings is 1. The molecule has 21 heavy (non-hydrogen) atoms. The minimum atomic E-state index is -0.308. The maximum Gasteiger partial charge on any atom is 0.265 e. The summed E-state index contributed by atoms with van der Waals surface area (Å²) in [5, 5.41) is 3.65. The Morgan fingerprint density at radius 1 is 1.19 bits per heavy atom. The second kappa shape index (κ2) is 5.46. The number of carbonyl (C=O) groups is 1. The van der Waals surface area contributed by atoms with E-state index in [4.69, 9.17) is 5.73 Å². The summed E-state index contributed by atoms with van der Waals surface area (Å²) >= 11 is 4.61. The van der Waals surface area contributed by atoms with Crippen molar-refractivity contribution in [1.29, 1.82) is 0 Å². The number of amides is 1. The van der Waals surface area contributed by atoms with E-state index in [0.717, 1.165) is 10.1 Å². The van der Waals surface area contributed by atoms with Gasteiger partial charge in [-0.05, 0) is 57.7 Å². The van der Waals surface area contributed by atoms with E-state index in [1.807, 2.05) is 0 Å². The Labute approximate surface area is 132 Å². The fourth-order valence-electron chi connectivity index (χ4n) is 1.93. The third-order valence-electron chi connectivity index (χ3n) is 2.95. The number of rotatable bonds is 2. The SMILES string of the molecule is Nc1ccc(NC(=O)c2cc3ccc(F)cc3s2)c(Br)c1. The summed E-state index contributed by atoms with van der Waals surface area (Å²) in [7, 11) is 0. The molecule has 0 saturated heterocycles. The largest absolute Gasteiger partial charge is 0.399 e. The maximum atomic E-state index is 13.2. The molecule has 1 heterocycles. The number of fused-ring (bicyclic) bond motifs is 1. The normalized spacial score (nSPS) is 10.8. The third kappa shape index (κ3) is 2.91. The molecule has 3 N–H and O–H groups in total. The molecular formula is C15H10BrFN2OS. The Balaban J connectivity index is 1.89. The highest BCUT2D eigenvalue weighted by molar-refractivity contribution is 9.10. The summed E-state index contributed by atoms with van der Waals surface area (Å²) in [6, 6.07) is 11.4. The standard InChI is InChI=1S/C15H10BrFN2OS/c16-11-7-10(18)3-4-12(11)19-15(20)14-5-8-1-2-9(17)6-13(8)21-14/h1-7H,18H2,(H,19,20). The monoisotopic (exact) mass is 364 g/mol. The van der Waals surface area contributed by atoms with E-state index in [1.165, 1.54) is 23.5 Å². The van der Waals surface area contributed by atoms with E-state index in [-0.39, 0.29) is 11.7 Å². The number of carbonyl (C=O) groups excluding carboxylic acids is 1. The Kier molecular flexibility index (Phi) is 3.65. The van der Waals surface area contributed by atoms with Gasteiger partial charge in [0.2, 0.25) is 0 Å². The molecule has 0 bridgehead atoms. The van der Waals surface area contributed by atoms with Crippen molar-refractivity contribution in [1.82, 2.24) is 0 Å². The number of nitrogens with two attached hydrogens (primary N) is 1. The fraction of sp³-hybridized carbons (Fsp3) is 0. The average molecular weight is 365 g/mol. The van der Waals surface area contributed by atoms with Crippen LogP contribution in [0.5, 0.6) is 0 Å². The zero-order chi connectivity index (χ0) is 15.0. The van der Waals surface area contributed by atoms with Gasteiger partial charge in [-0.25, -0.2) is 4.39 Å². The van der Waals surface area contributed by atoms with Crippen LogP contribution in [-0.2, 0) is 0 Å². The predicted octanol–water partition coefficient (Wildman–Crippen LogP) is 4.64. The number of halogens is 2. The van der Waals surface area contributed by atoms with Crippen LogP contribution in [0.3, 0.4) is 0 Å². The van der Waals surface area contributed by atoms with Crippen LogP contribution >= 0.6 is 27.3 Å². The Morgan fingerprint density at radius 3 is 2.76 bits per heavy atom. The molecule has 0 saturated carbocycles. The first-order valence-corrected chi connectivity index (χ1v) is 7.69. The number of anilines is 2. The molecule has 0 unspecified atom stereocenters. The Hall–Kier alpha value is -1.92. The minimum Gasteiger partial charge on any atom is -0.399 e. The van der Waals surface area contributed by atoms with Crippen LogP contribution in [-0.4, -0.2) is 5.91 Å². The lowest BCUT2D eigenvalue weighted by atomic mass is 10.2. The van der Waals surface area contributed by atoms with Gasteiger partial charge in [-0.2, -0.15) is 0 Å². The van der Waals surface area contributed by atoms with Crippen molar-refractivity contribution in [2.75, 3.05) is 11.1 Å². The van der Waals surface area contributed by atoms with Crippen molar-refractivity contribution in [3.8, 4) is 0 Å². The van der Waals surface area contributed by atoms with Crippen LogP contribution in [0.15, 0.2) is 46.9 Å². The molecule has 0 aliphatic rings. The lowest BCUT2D eigenvalue weighted by Gasteiger charge is -2.06. The molecule has 0 atom stereocenters. The van der Waals surface area contributed by atoms with Crippen molar-refractivity contribution in [3.63, 3.8) is 0 Å². The zero-order valence-electron chi connectivity index (χ0n) is 10.7. The first-order chi connectivity index (χ1) is 10.0. The van der Waals surface area contributed by atoms with E-state index in [0.29, 0.717) is 20.7 Å². The molecule has 3 nitrogen and oxygen atoms in total. The zero-order valence-corrected chi connectivity index (χ0v) is 13.1. The van der Waals surface area contributed by atoms with Gasteiger partial charge in [-0.1, -0.05) is 6.07 Å². The number of hydrogen-bond acceptors (Lipinski definition) is 3. The van der Waals surface area contributed by atoms with Crippen LogP contribution in [0.4, 0.5) is 15.8 Å². The van der Waals surface area contributed by atoms with Gasteiger partial charge in [-0.3, -0.25) is 4.79 Å². The van der Waals surface area contributed by atoms with Gasteiger partial charge in [0, 0.05) is 14.9 Å². The highest BCUT2D eigenvalue weighted by atomic mass is 79.9. The van der Waals surface area contributed by atoms with Gasteiger partial charge in [-0.15, -0.1) is 11.3 Å². The third-order valence-corrected chi connectivity index (χ3v) is 4.70. The first-order valence-electron chi connectivity index (χ1n) is 6.08. The average Bonchev–Trinajstić information content (AvgIpc) is 2.85. The molecule has 3 aromatic rings. The van der Waals surface area contributed by atoms with E-state index < -0.39 is 0 Å². The van der Waals surface area contributed by atoms with Crippen molar-refractivity contribution in [2.24, 2.45) is 0 Å². The van der Waals surface area contributed by atoms with Crippen molar-refractivity contribution in [3.05, 3.63) is 57.6 Å². The van der Waals surface area contributed by atoms with E-state index >= 15 is 0 Å². The van der Waals surface area contributed by atoms with Crippen LogP contribution in [0.1, 0.15) is 9.67 Å². The van der Waals surface area contributed by atoms with Gasteiger partial charge >= 0.3 is 0 Å². The number of benzene rings is 2. The molecule has 6 heteroatoms. The van der Waals surface area contributed by atoms with Crippen LogP contribution in [0.2, 0.25) is 0 Å². The van der Waals surface area contributed by atoms with Gasteiger partial charge in [0.05, 0.1) is 10.6 Å². The Morgan fingerprint density at radius 2 is 2.00 bits per heavy atom. The van der Waals surface area contributed by atoms with Gasteiger partial charge in [0.15, 0.2) is 0 Å². The molecule has 1 amide bonds. The quantitative estimate of drug-likeness (QED) is 0.650. The summed E-state index contributed by atoms with van der Waals surface area (Å²) in [6.45, 7) is 0. The van der Waals surface area contributed by atoms with Crippen molar-refractivity contribution < 1.29 is 9.18 Å². The molecule has 0 radical (unpaired) electrons. The Bertz CT molecular complexity index is 847. The maximum absolute atomic E-state index is 13.2. The highest BCUT2D eigenvalue weighted by Crippen LogP contribution is 2.29.